The number of likely N-dealkylation sites (N-methyl/N-ethyl adjacent to an activating group) is 1. The Balaban J connectivity index is 1.45. The van der Waals surface area contributed by atoms with Crippen molar-refractivity contribution in [1.29, 1.82) is 0 Å². The van der Waals surface area contributed by atoms with Crippen LogP contribution in [0.15, 0.2) is 29.3 Å². The molecule has 0 fully saturated rings. The van der Waals surface area contributed by atoms with Gasteiger partial charge in [0.1, 0.15) is 10.4 Å². The lowest BCUT2D eigenvalue weighted by Crippen LogP contribution is -2.42. The Morgan fingerprint density at radius 2 is 2.24 bits per heavy atom. The maximum atomic E-state index is 12.8. The molecule has 1 atom stereocenters. The number of aromatic nitrogens is 2. The molecule has 2 aromatic heterocycles. The molecule has 0 saturated heterocycles. The van der Waals surface area contributed by atoms with Crippen LogP contribution in [0.2, 0.25) is 5.02 Å². The van der Waals surface area contributed by atoms with Crippen LogP contribution in [0, 0.1) is 0 Å². The predicted octanol–water partition coefficient (Wildman–Crippen LogP) is 1.75. The van der Waals surface area contributed by atoms with Crippen LogP contribution in [0.3, 0.4) is 0 Å². The number of nitrogens with one attached hydrogen (secondary N) is 2. The second-order valence-corrected chi connectivity index (χ2v) is 10.7. The van der Waals surface area contributed by atoms with Gasteiger partial charge in [-0.25, -0.2) is 13.4 Å². The largest absolute Gasteiger partial charge is 0.347 e. The Morgan fingerprint density at radius 3 is 3.03 bits per heavy atom. The third kappa shape index (κ3) is 4.03. The number of carbonyl (C=O) groups is 1. The minimum Gasteiger partial charge on any atom is -0.347 e. The predicted molar refractivity (Wildman–Crippen MR) is 113 cm³/mol. The SMILES string of the molecule is CN1CCc2nc(C(=O)NCC(N)S(=O)(=O)c3cc4cc(Cl)ccc4[nH]3)sc2C1. The van der Waals surface area contributed by atoms with Crippen LogP contribution < -0.4 is 11.1 Å². The lowest BCUT2D eigenvalue weighted by atomic mass is 10.2. The highest BCUT2D eigenvalue weighted by molar-refractivity contribution is 7.92. The summed E-state index contributed by atoms with van der Waals surface area (Å²) in [5.74, 6) is -0.416. The van der Waals surface area contributed by atoms with Crippen molar-refractivity contribution < 1.29 is 13.2 Å². The molecule has 0 bridgehead atoms. The minimum atomic E-state index is -3.86. The summed E-state index contributed by atoms with van der Waals surface area (Å²) in [6, 6.07) is 6.53. The van der Waals surface area contributed by atoms with Crippen LogP contribution >= 0.6 is 22.9 Å². The fraction of sp³-hybridized carbons (Fsp3) is 0.333. The van der Waals surface area contributed by atoms with Crippen molar-refractivity contribution in [2.24, 2.45) is 5.73 Å². The first-order valence-electron chi connectivity index (χ1n) is 8.97. The van der Waals surface area contributed by atoms with Crippen molar-refractivity contribution in [2.45, 2.75) is 23.4 Å². The highest BCUT2D eigenvalue weighted by Gasteiger charge is 2.27. The molecule has 0 spiro atoms. The molecule has 0 aliphatic carbocycles. The Labute approximate surface area is 177 Å². The molecule has 1 unspecified atom stereocenters. The normalized spacial score (nSPS) is 16.0. The van der Waals surface area contributed by atoms with Gasteiger partial charge in [0, 0.05) is 46.9 Å². The topological polar surface area (TPSA) is 121 Å². The molecule has 4 N–H and O–H groups in total. The van der Waals surface area contributed by atoms with Gasteiger partial charge in [-0.15, -0.1) is 11.3 Å². The number of hydrogen-bond donors (Lipinski definition) is 3. The van der Waals surface area contributed by atoms with Gasteiger partial charge in [-0.3, -0.25) is 4.79 Å². The molecule has 4 rings (SSSR count). The zero-order valence-corrected chi connectivity index (χ0v) is 18.0. The fourth-order valence-corrected chi connectivity index (χ4v) is 5.65. The quantitative estimate of drug-likeness (QED) is 0.541. The van der Waals surface area contributed by atoms with Crippen LogP contribution in [0.5, 0.6) is 0 Å². The molecule has 0 saturated carbocycles. The number of nitrogens with two attached hydrogens (primary N) is 1. The van der Waals surface area contributed by atoms with Crippen molar-refractivity contribution >= 4 is 49.6 Å². The van der Waals surface area contributed by atoms with Gasteiger partial charge >= 0.3 is 0 Å². The van der Waals surface area contributed by atoms with Crippen LogP contribution in [0.25, 0.3) is 10.9 Å². The summed E-state index contributed by atoms with van der Waals surface area (Å²) >= 11 is 7.28. The van der Waals surface area contributed by atoms with Crippen molar-refractivity contribution in [3.05, 3.63) is 44.9 Å². The molecule has 11 heteroatoms. The van der Waals surface area contributed by atoms with E-state index in [0.29, 0.717) is 20.9 Å². The molecule has 1 aromatic carbocycles. The van der Waals surface area contributed by atoms with Crippen LogP contribution in [-0.4, -0.2) is 54.7 Å². The van der Waals surface area contributed by atoms with Crippen LogP contribution in [-0.2, 0) is 22.8 Å². The molecule has 3 heterocycles. The van der Waals surface area contributed by atoms with E-state index >= 15 is 0 Å². The summed E-state index contributed by atoms with van der Waals surface area (Å²) < 4.78 is 25.5. The second kappa shape index (κ2) is 7.69. The maximum Gasteiger partial charge on any atom is 0.280 e. The van der Waals surface area contributed by atoms with E-state index in [9.17, 15) is 13.2 Å². The summed E-state index contributed by atoms with van der Waals surface area (Å²) in [5.41, 5.74) is 7.48. The number of aromatic amines is 1. The third-order valence-corrected chi connectivity index (χ3v) is 7.96. The van der Waals surface area contributed by atoms with E-state index in [2.05, 4.69) is 20.2 Å². The number of H-pyrrole nitrogens is 1. The summed E-state index contributed by atoms with van der Waals surface area (Å²) in [5, 5.41) is 2.80. The number of halogens is 1. The van der Waals surface area contributed by atoms with E-state index in [1.54, 1.807) is 18.2 Å². The first kappa shape index (κ1) is 20.3. The van der Waals surface area contributed by atoms with Gasteiger partial charge in [-0.2, -0.15) is 0 Å². The van der Waals surface area contributed by atoms with Gasteiger partial charge in [-0.05, 0) is 31.3 Å². The van der Waals surface area contributed by atoms with Gasteiger partial charge < -0.3 is 20.9 Å². The molecule has 8 nitrogen and oxygen atoms in total. The summed E-state index contributed by atoms with van der Waals surface area (Å²) in [6.45, 7) is 1.44. The molecule has 0 radical (unpaired) electrons. The average Bonchev–Trinajstić information content (AvgIpc) is 3.29. The number of benzene rings is 1. The molecule has 1 amide bonds. The summed E-state index contributed by atoms with van der Waals surface area (Å²) in [4.78, 5) is 22.9. The van der Waals surface area contributed by atoms with E-state index in [0.717, 1.165) is 30.1 Å². The Bertz CT molecular complexity index is 1190. The average molecular weight is 454 g/mol. The summed E-state index contributed by atoms with van der Waals surface area (Å²) in [6.07, 6.45) is 0.800. The van der Waals surface area contributed by atoms with Crippen molar-refractivity contribution in [3.63, 3.8) is 0 Å². The van der Waals surface area contributed by atoms with Crippen molar-refractivity contribution in [1.82, 2.24) is 20.2 Å². The number of fused-ring (bicyclic) bond motifs is 2. The van der Waals surface area contributed by atoms with Gasteiger partial charge in [0.05, 0.1) is 5.69 Å². The van der Waals surface area contributed by atoms with Gasteiger partial charge in [-0.1, -0.05) is 11.6 Å². The highest BCUT2D eigenvalue weighted by atomic mass is 35.5. The Morgan fingerprint density at radius 1 is 1.45 bits per heavy atom. The van der Waals surface area contributed by atoms with E-state index in [4.69, 9.17) is 17.3 Å². The number of hydrogen-bond acceptors (Lipinski definition) is 7. The number of thiazole rings is 1. The lowest BCUT2D eigenvalue weighted by Gasteiger charge is -2.20. The summed E-state index contributed by atoms with van der Waals surface area (Å²) in [7, 11) is -1.84. The molecular weight excluding hydrogens is 434 g/mol. The van der Waals surface area contributed by atoms with Gasteiger partial charge in [0.2, 0.25) is 9.84 Å². The molecule has 154 valence electrons. The third-order valence-electron chi connectivity index (χ3n) is 4.84. The number of nitrogens with zero attached hydrogens (tertiary/aromatic N) is 2. The number of sulfone groups is 1. The van der Waals surface area contributed by atoms with Crippen LogP contribution in [0.4, 0.5) is 0 Å². The Kier molecular flexibility index (Phi) is 5.38. The van der Waals surface area contributed by atoms with E-state index in [1.165, 1.54) is 17.4 Å². The first-order chi connectivity index (χ1) is 13.7. The smallest absolute Gasteiger partial charge is 0.280 e. The van der Waals surface area contributed by atoms with E-state index < -0.39 is 21.1 Å². The van der Waals surface area contributed by atoms with Gasteiger partial charge in [0.15, 0.2) is 5.01 Å². The number of amides is 1. The van der Waals surface area contributed by atoms with E-state index in [1.807, 2.05) is 7.05 Å². The molecular formula is C18H20ClN5O3S2. The Hall–Kier alpha value is -1.98. The van der Waals surface area contributed by atoms with Crippen molar-refractivity contribution in [3.8, 4) is 0 Å². The monoisotopic (exact) mass is 453 g/mol. The molecule has 29 heavy (non-hydrogen) atoms. The number of rotatable bonds is 5. The first-order valence-corrected chi connectivity index (χ1v) is 11.7. The van der Waals surface area contributed by atoms with Gasteiger partial charge in [0.25, 0.3) is 5.91 Å². The second-order valence-electron chi connectivity index (χ2n) is 7.04. The lowest BCUT2D eigenvalue weighted by molar-refractivity contribution is 0.0953. The molecule has 1 aliphatic heterocycles. The maximum absolute atomic E-state index is 12.8. The highest BCUT2D eigenvalue weighted by Crippen LogP contribution is 2.25. The zero-order chi connectivity index (χ0) is 20.8. The van der Waals surface area contributed by atoms with Crippen molar-refractivity contribution in [2.75, 3.05) is 20.1 Å². The molecule has 3 aromatic rings. The standard InChI is InChI=1S/C18H20ClN5O3S2/c1-24-5-4-13-14(9-24)28-18(23-13)17(25)21-8-15(20)29(26,27)16-7-10-6-11(19)2-3-12(10)22-16/h2-3,6-7,15,22H,4-5,8-9,20H2,1H3,(H,21,25). The minimum absolute atomic E-state index is 0.00994. The number of carbonyl (C=O) groups excluding carboxylic acids is 1. The van der Waals surface area contributed by atoms with E-state index in [-0.39, 0.29) is 11.6 Å². The van der Waals surface area contributed by atoms with Crippen LogP contribution in [0.1, 0.15) is 20.4 Å². The molecule has 1 aliphatic rings. The zero-order valence-electron chi connectivity index (χ0n) is 15.6. The fourth-order valence-electron chi connectivity index (χ4n) is 3.19.